The monoisotopic (exact) mass is 285 g/mol. The first-order valence-corrected chi connectivity index (χ1v) is 7.92. The number of aryl methyl sites for hydroxylation is 3. The Morgan fingerprint density at radius 1 is 1.24 bits per heavy atom. The van der Waals surface area contributed by atoms with E-state index < -0.39 is 0 Å². The summed E-state index contributed by atoms with van der Waals surface area (Å²) in [5.74, 6) is 0.668. The highest BCUT2D eigenvalue weighted by molar-refractivity contribution is 5.26. The third kappa shape index (κ3) is 4.71. The maximum Gasteiger partial charge on any atom is 0.0492 e. The molecule has 1 aromatic carbocycles. The van der Waals surface area contributed by atoms with Crippen LogP contribution in [0.1, 0.15) is 30.2 Å². The third-order valence-corrected chi connectivity index (χ3v) is 4.18. The molecule has 1 aromatic heterocycles. The Labute approximate surface area is 128 Å². The summed E-state index contributed by atoms with van der Waals surface area (Å²) >= 11 is 0. The van der Waals surface area contributed by atoms with Crippen molar-refractivity contribution in [3.63, 3.8) is 0 Å². The molecule has 2 aromatic rings. The van der Waals surface area contributed by atoms with Crippen molar-refractivity contribution in [3.05, 3.63) is 53.3 Å². The van der Waals surface area contributed by atoms with Crippen LogP contribution in [-0.4, -0.2) is 22.9 Å². The molecule has 0 aliphatic rings. The number of benzene rings is 1. The van der Waals surface area contributed by atoms with Crippen molar-refractivity contribution in [2.45, 2.75) is 33.1 Å². The summed E-state index contributed by atoms with van der Waals surface area (Å²) in [4.78, 5) is 0. The van der Waals surface area contributed by atoms with E-state index in [1.54, 1.807) is 0 Å². The van der Waals surface area contributed by atoms with Gasteiger partial charge in [0, 0.05) is 18.9 Å². The first-order valence-electron chi connectivity index (χ1n) is 7.92. The van der Waals surface area contributed by atoms with Crippen LogP contribution >= 0.6 is 0 Å². The van der Waals surface area contributed by atoms with E-state index in [1.807, 2.05) is 17.9 Å². The molecule has 3 heteroatoms. The minimum Gasteiger partial charge on any atom is -0.317 e. The van der Waals surface area contributed by atoms with Gasteiger partial charge in [0.25, 0.3) is 0 Å². The summed E-state index contributed by atoms with van der Waals surface area (Å²) < 4.78 is 1.98. The lowest BCUT2D eigenvalue weighted by molar-refractivity contribution is 0.443. The lowest BCUT2D eigenvalue weighted by Gasteiger charge is -2.18. The number of hydrogen-bond donors (Lipinski definition) is 1. The van der Waals surface area contributed by atoms with E-state index in [2.05, 4.69) is 54.6 Å². The van der Waals surface area contributed by atoms with Crippen molar-refractivity contribution >= 4 is 0 Å². The number of aromatic nitrogens is 2. The Balaban J connectivity index is 1.97. The van der Waals surface area contributed by atoms with Gasteiger partial charge in [0.05, 0.1) is 0 Å². The van der Waals surface area contributed by atoms with Gasteiger partial charge in [-0.3, -0.25) is 4.68 Å². The fraction of sp³-hybridized carbons (Fsp3) is 0.500. The second-order valence-corrected chi connectivity index (χ2v) is 5.79. The summed E-state index contributed by atoms with van der Waals surface area (Å²) in [6, 6.07) is 10.9. The Kier molecular flexibility index (Phi) is 6.00. The molecule has 0 aliphatic heterocycles. The number of nitrogens with zero attached hydrogens (tertiary/aromatic N) is 2. The van der Waals surface area contributed by atoms with Crippen molar-refractivity contribution in [1.29, 1.82) is 0 Å². The average molecular weight is 285 g/mol. The molecular formula is C18H27N3. The molecule has 1 heterocycles. The highest BCUT2D eigenvalue weighted by atomic mass is 15.2. The first kappa shape index (κ1) is 15.8. The standard InChI is InChI=1S/C18H27N3/c1-4-19-14-16(9-10-18-11-12-20-21(18)3)13-17-8-6-5-7-15(17)2/h5-8,11-12,16,19H,4,9-10,13-14H2,1-3H3. The van der Waals surface area contributed by atoms with Crippen molar-refractivity contribution in [2.75, 3.05) is 13.1 Å². The molecule has 21 heavy (non-hydrogen) atoms. The molecule has 0 spiro atoms. The molecule has 0 aliphatic carbocycles. The third-order valence-electron chi connectivity index (χ3n) is 4.18. The molecule has 1 atom stereocenters. The van der Waals surface area contributed by atoms with Gasteiger partial charge < -0.3 is 5.32 Å². The zero-order valence-electron chi connectivity index (χ0n) is 13.5. The molecule has 0 radical (unpaired) electrons. The Morgan fingerprint density at radius 3 is 2.71 bits per heavy atom. The molecule has 1 N–H and O–H groups in total. The number of nitrogens with one attached hydrogen (secondary N) is 1. The van der Waals surface area contributed by atoms with Gasteiger partial charge in [-0.2, -0.15) is 5.10 Å². The zero-order chi connectivity index (χ0) is 15.1. The van der Waals surface area contributed by atoms with E-state index in [0.29, 0.717) is 5.92 Å². The molecule has 114 valence electrons. The maximum atomic E-state index is 4.26. The van der Waals surface area contributed by atoms with Crippen molar-refractivity contribution < 1.29 is 0 Å². The van der Waals surface area contributed by atoms with Gasteiger partial charge in [0.15, 0.2) is 0 Å². The second kappa shape index (κ2) is 7.99. The molecule has 3 nitrogen and oxygen atoms in total. The minimum atomic E-state index is 0.668. The largest absolute Gasteiger partial charge is 0.317 e. The van der Waals surface area contributed by atoms with Crippen LogP contribution in [0, 0.1) is 12.8 Å². The smallest absolute Gasteiger partial charge is 0.0492 e. The molecule has 0 amide bonds. The van der Waals surface area contributed by atoms with Crippen LogP contribution in [0.2, 0.25) is 0 Å². The molecule has 0 bridgehead atoms. The molecular weight excluding hydrogens is 258 g/mol. The quantitative estimate of drug-likeness (QED) is 0.807. The molecule has 0 fully saturated rings. The van der Waals surface area contributed by atoms with Crippen LogP contribution in [0.15, 0.2) is 36.5 Å². The number of rotatable bonds is 8. The fourth-order valence-corrected chi connectivity index (χ4v) is 2.77. The molecule has 0 saturated heterocycles. The zero-order valence-corrected chi connectivity index (χ0v) is 13.5. The van der Waals surface area contributed by atoms with E-state index in [0.717, 1.165) is 25.9 Å². The Morgan fingerprint density at radius 2 is 2.05 bits per heavy atom. The predicted molar refractivity (Wildman–Crippen MR) is 88.4 cm³/mol. The number of hydrogen-bond acceptors (Lipinski definition) is 2. The topological polar surface area (TPSA) is 29.9 Å². The molecule has 2 rings (SSSR count). The highest BCUT2D eigenvalue weighted by Gasteiger charge is 2.12. The van der Waals surface area contributed by atoms with Gasteiger partial charge in [-0.05, 0) is 62.4 Å². The Hall–Kier alpha value is -1.61. The lowest BCUT2D eigenvalue weighted by atomic mass is 9.92. The SMILES string of the molecule is CCNCC(CCc1ccnn1C)Cc1ccccc1C. The normalized spacial score (nSPS) is 12.5. The van der Waals surface area contributed by atoms with Crippen molar-refractivity contribution in [3.8, 4) is 0 Å². The Bertz CT molecular complexity index is 545. The lowest BCUT2D eigenvalue weighted by Crippen LogP contribution is -2.25. The predicted octanol–water partition coefficient (Wildman–Crippen LogP) is 3.13. The minimum absolute atomic E-state index is 0.668. The van der Waals surface area contributed by atoms with Crippen LogP contribution in [0.5, 0.6) is 0 Å². The maximum absolute atomic E-state index is 4.26. The summed E-state index contributed by atoms with van der Waals surface area (Å²) in [6.07, 6.45) is 5.33. The second-order valence-electron chi connectivity index (χ2n) is 5.79. The van der Waals surface area contributed by atoms with E-state index in [9.17, 15) is 0 Å². The van der Waals surface area contributed by atoms with E-state index >= 15 is 0 Å². The molecule has 1 unspecified atom stereocenters. The summed E-state index contributed by atoms with van der Waals surface area (Å²) in [5, 5.41) is 7.77. The molecule has 0 saturated carbocycles. The fourth-order valence-electron chi connectivity index (χ4n) is 2.77. The van der Waals surface area contributed by atoms with Crippen molar-refractivity contribution in [2.24, 2.45) is 13.0 Å². The van der Waals surface area contributed by atoms with Gasteiger partial charge in [0.2, 0.25) is 0 Å². The summed E-state index contributed by atoms with van der Waals surface area (Å²) in [7, 11) is 2.02. The van der Waals surface area contributed by atoms with Gasteiger partial charge in [-0.25, -0.2) is 0 Å². The highest BCUT2D eigenvalue weighted by Crippen LogP contribution is 2.17. The van der Waals surface area contributed by atoms with Gasteiger partial charge >= 0.3 is 0 Å². The van der Waals surface area contributed by atoms with E-state index in [4.69, 9.17) is 0 Å². The van der Waals surface area contributed by atoms with Crippen LogP contribution in [0.3, 0.4) is 0 Å². The van der Waals surface area contributed by atoms with Gasteiger partial charge in [-0.1, -0.05) is 31.2 Å². The average Bonchev–Trinajstić information content (AvgIpc) is 2.89. The van der Waals surface area contributed by atoms with E-state index in [1.165, 1.54) is 23.2 Å². The van der Waals surface area contributed by atoms with Crippen molar-refractivity contribution in [1.82, 2.24) is 15.1 Å². The van der Waals surface area contributed by atoms with Crippen LogP contribution in [-0.2, 0) is 19.9 Å². The van der Waals surface area contributed by atoms with E-state index in [-0.39, 0.29) is 0 Å². The van der Waals surface area contributed by atoms with Crippen LogP contribution in [0.4, 0.5) is 0 Å². The van der Waals surface area contributed by atoms with Gasteiger partial charge in [-0.15, -0.1) is 0 Å². The summed E-state index contributed by atoms with van der Waals surface area (Å²) in [5.41, 5.74) is 4.20. The van der Waals surface area contributed by atoms with Crippen LogP contribution in [0.25, 0.3) is 0 Å². The van der Waals surface area contributed by atoms with Gasteiger partial charge in [0.1, 0.15) is 0 Å². The first-order chi connectivity index (χ1) is 10.2. The van der Waals surface area contributed by atoms with Crippen LogP contribution < -0.4 is 5.32 Å². The summed E-state index contributed by atoms with van der Waals surface area (Å²) in [6.45, 7) is 6.51.